The van der Waals surface area contributed by atoms with E-state index in [0.29, 0.717) is 30.9 Å². The van der Waals surface area contributed by atoms with Gasteiger partial charge in [-0.05, 0) is 24.6 Å². The fourth-order valence-electron chi connectivity index (χ4n) is 2.10. The van der Waals surface area contributed by atoms with Crippen molar-refractivity contribution in [3.8, 4) is 0 Å². The van der Waals surface area contributed by atoms with Crippen LogP contribution in [0.15, 0.2) is 24.3 Å². The summed E-state index contributed by atoms with van der Waals surface area (Å²) in [6, 6.07) is 6.40. The van der Waals surface area contributed by atoms with Gasteiger partial charge in [-0.25, -0.2) is 4.79 Å². The zero-order valence-corrected chi connectivity index (χ0v) is 11.5. The maximum absolute atomic E-state index is 12.2. The van der Waals surface area contributed by atoms with Crippen LogP contribution in [0, 0.1) is 0 Å². The molecule has 0 bridgehead atoms. The number of nitrogens with one attached hydrogen (secondary N) is 1. The highest BCUT2D eigenvalue weighted by Crippen LogP contribution is 2.13. The molecule has 2 rings (SSSR count). The van der Waals surface area contributed by atoms with Crippen molar-refractivity contribution in [2.24, 2.45) is 5.73 Å². The van der Waals surface area contributed by atoms with E-state index >= 15 is 0 Å². The van der Waals surface area contributed by atoms with Crippen LogP contribution in [0.1, 0.15) is 23.7 Å². The molecule has 0 aliphatic carbocycles. The van der Waals surface area contributed by atoms with Gasteiger partial charge in [-0.2, -0.15) is 0 Å². The average molecular weight is 277 g/mol. The Morgan fingerprint density at radius 2 is 2.30 bits per heavy atom. The van der Waals surface area contributed by atoms with Gasteiger partial charge in [0.25, 0.3) is 0 Å². The minimum atomic E-state index is -0.515. The first-order valence-corrected chi connectivity index (χ1v) is 6.67. The van der Waals surface area contributed by atoms with Crippen LogP contribution in [-0.2, 0) is 4.74 Å². The van der Waals surface area contributed by atoms with E-state index < -0.39 is 5.91 Å². The molecule has 0 aromatic heterocycles. The number of carbonyl (C=O) groups excluding carboxylic acids is 2. The summed E-state index contributed by atoms with van der Waals surface area (Å²) in [5.41, 5.74) is 6.15. The Morgan fingerprint density at radius 3 is 3.00 bits per heavy atom. The second-order valence-corrected chi connectivity index (χ2v) is 4.72. The van der Waals surface area contributed by atoms with Gasteiger partial charge in [-0.15, -0.1) is 0 Å². The fraction of sp³-hybridized carbons (Fsp3) is 0.429. The first-order valence-electron chi connectivity index (χ1n) is 6.67. The molecule has 1 aromatic carbocycles. The highest BCUT2D eigenvalue weighted by atomic mass is 16.5. The Bertz CT molecular complexity index is 504. The molecule has 1 heterocycles. The highest BCUT2D eigenvalue weighted by Gasteiger charge is 2.23. The van der Waals surface area contributed by atoms with E-state index in [-0.39, 0.29) is 12.1 Å². The number of amides is 3. The summed E-state index contributed by atoms with van der Waals surface area (Å²) >= 11 is 0. The predicted octanol–water partition coefficient (Wildman–Crippen LogP) is 1.43. The van der Waals surface area contributed by atoms with Crippen molar-refractivity contribution in [2.45, 2.75) is 19.4 Å². The first kappa shape index (κ1) is 14.3. The normalized spacial score (nSPS) is 18.6. The number of carbonyl (C=O) groups is 2. The maximum atomic E-state index is 12.2. The third-order valence-corrected chi connectivity index (χ3v) is 3.28. The summed E-state index contributed by atoms with van der Waals surface area (Å²) < 4.78 is 5.53. The Hall–Kier alpha value is -2.08. The third kappa shape index (κ3) is 3.48. The lowest BCUT2D eigenvalue weighted by Gasteiger charge is -2.32. The van der Waals surface area contributed by atoms with E-state index in [4.69, 9.17) is 10.5 Å². The van der Waals surface area contributed by atoms with E-state index in [9.17, 15) is 9.59 Å². The van der Waals surface area contributed by atoms with Crippen molar-refractivity contribution >= 4 is 17.6 Å². The van der Waals surface area contributed by atoms with E-state index in [0.717, 1.165) is 6.42 Å². The molecule has 3 N–H and O–H groups in total. The Balaban J connectivity index is 2.00. The van der Waals surface area contributed by atoms with Crippen LogP contribution < -0.4 is 11.1 Å². The average Bonchev–Trinajstić information content (AvgIpc) is 2.47. The predicted molar refractivity (Wildman–Crippen MR) is 75.6 cm³/mol. The smallest absolute Gasteiger partial charge is 0.322 e. The Kier molecular flexibility index (Phi) is 4.57. The summed E-state index contributed by atoms with van der Waals surface area (Å²) in [6.07, 6.45) is 0.965. The number of anilines is 1. The summed E-state index contributed by atoms with van der Waals surface area (Å²) in [4.78, 5) is 25.0. The molecule has 1 aliphatic heterocycles. The van der Waals surface area contributed by atoms with Crippen molar-refractivity contribution in [1.29, 1.82) is 0 Å². The number of hydrogen-bond acceptors (Lipinski definition) is 3. The van der Waals surface area contributed by atoms with Gasteiger partial charge >= 0.3 is 6.03 Å². The molecule has 1 aromatic rings. The third-order valence-electron chi connectivity index (χ3n) is 3.28. The van der Waals surface area contributed by atoms with Crippen LogP contribution in [0.4, 0.5) is 10.5 Å². The van der Waals surface area contributed by atoms with Crippen LogP contribution in [0.5, 0.6) is 0 Å². The molecule has 1 saturated heterocycles. The van der Waals surface area contributed by atoms with Gasteiger partial charge in [0.15, 0.2) is 0 Å². The zero-order chi connectivity index (χ0) is 14.5. The van der Waals surface area contributed by atoms with Gasteiger partial charge in [0.05, 0.1) is 12.7 Å². The maximum Gasteiger partial charge on any atom is 0.322 e. The molecular formula is C14H19N3O3. The lowest BCUT2D eigenvalue weighted by molar-refractivity contribution is -0.0134. The monoisotopic (exact) mass is 277 g/mol. The van der Waals surface area contributed by atoms with Crippen molar-refractivity contribution < 1.29 is 14.3 Å². The van der Waals surface area contributed by atoms with Crippen LogP contribution in [-0.4, -0.2) is 42.6 Å². The largest absolute Gasteiger partial charge is 0.375 e. The first-order chi connectivity index (χ1) is 9.60. The van der Waals surface area contributed by atoms with Crippen molar-refractivity contribution in [3.05, 3.63) is 29.8 Å². The molecular weight excluding hydrogens is 258 g/mol. The molecule has 1 fully saturated rings. The number of benzene rings is 1. The van der Waals surface area contributed by atoms with E-state index in [1.807, 2.05) is 6.92 Å². The number of hydrogen-bond donors (Lipinski definition) is 2. The molecule has 1 atom stereocenters. The highest BCUT2D eigenvalue weighted by molar-refractivity contribution is 5.95. The standard InChI is InChI=1S/C14H19N3O3/c1-2-12-9-17(6-7-20-12)14(19)16-11-5-3-4-10(8-11)13(15)18/h3-5,8,12H,2,6-7,9H2,1H3,(H2,15,18)(H,16,19). The molecule has 3 amide bonds. The fourth-order valence-corrected chi connectivity index (χ4v) is 2.10. The van der Waals surface area contributed by atoms with E-state index in [1.54, 1.807) is 29.2 Å². The number of morpholine rings is 1. The number of rotatable bonds is 3. The topological polar surface area (TPSA) is 84.7 Å². The summed E-state index contributed by atoms with van der Waals surface area (Å²) in [5.74, 6) is -0.515. The molecule has 0 radical (unpaired) electrons. The van der Waals surface area contributed by atoms with E-state index in [1.165, 1.54) is 0 Å². The number of nitrogens with zero attached hydrogens (tertiary/aromatic N) is 1. The molecule has 0 saturated carbocycles. The van der Waals surface area contributed by atoms with Gasteiger partial charge in [-0.3, -0.25) is 4.79 Å². The molecule has 108 valence electrons. The summed E-state index contributed by atoms with van der Waals surface area (Å²) in [7, 11) is 0. The van der Waals surface area contributed by atoms with Crippen molar-refractivity contribution in [2.75, 3.05) is 25.0 Å². The van der Waals surface area contributed by atoms with Crippen LogP contribution in [0.3, 0.4) is 0 Å². The van der Waals surface area contributed by atoms with E-state index in [2.05, 4.69) is 5.32 Å². The molecule has 6 heteroatoms. The quantitative estimate of drug-likeness (QED) is 0.876. The molecule has 20 heavy (non-hydrogen) atoms. The number of urea groups is 1. The summed E-state index contributed by atoms with van der Waals surface area (Å²) in [6.45, 7) is 3.73. The minimum absolute atomic E-state index is 0.0893. The van der Waals surface area contributed by atoms with Gasteiger partial charge < -0.3 is 20.7 Å². The molecule has 1 aliphatic rings. The number of primary amides is 1. The Labute approximate surface area is 117 Å². The van der Waals surface area contributed by atoms with Crippen molar-refractivity contribution in [1.82, 2.24) is 4.90 Å². The lowest BCUT2D eigenvalue weighted by atomic mass is 10.2. The Morgan fingerprint density at radius 1 is 1.50 bits per heavy atom. The van der Waals surface area contributed by atoms with Crippen LogP contribution in [0.25, 0.3) is 0 Å². The molecule has 6 nitrogen and oxygen atoms in total. The second kappa shape index (κ2) is 6.38. The van der Waals surface area contributed by atoms with Crippen molar-refractivity contribution in [3.63, 3.8) is 0 Å². The lowest BCUT2D eigenvalue weighted by Crippen LogP contribution is -2.47. The van der Waals surface area contributed by atoms with Gasteiger partial charge in [0.1, 0.15) is 0 Å². The second-order valence-electron chi connectivity index (χ2n) is 4.72. The van der Waals surface area contributed by atoms with Crippen LogP contribution >= 0.6 is 0 Å². The zero-order valence-electron chi connectivity index (χ0n) is 11.5. The number of ether oxygens (including phenoxy) is 1. The molecule has 0 spiro atoms. The van der Waals surface area contributed by atoms with Gasteiger partial charge in [0, 0.05) is 24.3 Å². The number of nitrogens with two attached hydrogens (primary N) is 1. The van der Waals surface area contributed by atoms with Gasteiger partial charge in [0.2, 0.25) is 5.91 Å². The minimum Gasteiger partial charge on any atom is -0.375 e. The molecule has 1 unspecified atom stereocenters. The van der Waals surface area contributed by atoms with Gasteiger partial charge in [-0.1, -0.05) is 13.0 Å². The van der Waals surface area contributed by atoms with Crippen LogP contribution in [0.2, 0.25) is 0 Å². The SMILES string of the molecule is CCC1CN(C(=O)Nc2cccc(C(N)=O)c2)CCO1. The summed E-state index contributed by atoms with van der Waals surface area (Å²) in [5, 5.41) is 2.78.